The molecule has 0 spiro atoms. The Morgan fingerprint density at radius 1 is 1.20 bits per heavy atom. The lowest BCUT2D eigenvalue weighted by Gasteiger charge is -2.18. The summed E-state index contributed by atoms with van der Waals surface area (Å²) in [5.41, 5.74) is 21.5. The van der Waals surface area contributed by atoms with Crippen molar-refractivity contribution in [2.45, 2.75) is 44.7 Å². The van der Waals surface area contributed by atoms with Crippen molar-refractivity contribution < 1.29 is 24.2 Å². The van der Waals surface area contributed by atoms with Crippen LogP contribution in [0.3, 0.4) is 0 Å². The van der Waals surface area contributed by atoms with Crippen LogP contribution in [0.1, 0.15) is 32.6 Å². The number of carbonyl (C=O) groups excluding carboxylic acids is 2. The van der Waals surface area contributed by atoms with Gasteiger partial charge in [-0.3, -0.25) is 14.6 Å². The predicted molar refractivity (Wildman–Crippen MR) is 93.4 cm³/mol. The van der Waals surface area contributed by atoms with Crippen molar-refractivity contribution in [3.05, 3.63) is 0 Å². The van der Waals surface area contributed by atoms with Gasteiger partial charge < -0.3 is 38.1 Å². The third-order valence-electron chi connectivity index (χ3n) is 2.80. The SMILES string of the molecule is CC(=O)O.COC(=O)[C@H](CCCN)NC(=O)[C@@H](N)CCCN=C(N)N. The molecule has 10 N–H and O–H groups in total. The third-order valence-corrected chi connectivity index (χ3v) is 2.80. The number of hydrogen-bond donors (Lipinski definition) is 6. The number of rotatable bonds is 10. The summed E-state index contributed by atoms with van der Waals surface area (Å²) in [5, 5.41) is 9.99. The van der Waals surface area contributed by atoms with E-state index in [0.29, 0.717) is 38.8 Å². The van der Waals surface area contributed by atoms with Crippen molar-refractivity contribution >= 4 is 23.8 Å². The topological polar surface area (TPSA) is 209 Å². The zero-order valence-corrected chi connectivity index (χ0v) is 14.7. The van der Waals surface area contributed by atoms with Crippen molar-refractivity contribution in [1.82, 2.24) is 5.32 Å². The van der Waals surface area contributed by atoms with Gasteiger partial charge in [-0.15, -0.1) is 0 Å². The average Bonchev–Trinajstić information content (AvgIpc) is 2.53. The lowest BCUT2D eigenvalue weighted by Crippen LogP contribution is -2.48. The van der Waals surface area contributed by atoms with Crippen LogP contribution in [0, 0.1) is 0 Å². The standard InChI is InChI=1S/C12H26N6O3.C2H4O2/c1-21-11(20)9(5-2-6-13)18-10(19)8(14)4-3-7-17-12(15)16;1-2(3)4/h8-9H,2-7,13-14H2,1H3,(H,18,19)(H4,15,16,17);1H3,(H,3,4)/t8-,9-;/m0./s1. The predicted octanol–water partition coefficient (Wildman–Crippen LogP) is -2.15. The molecule has 0 aliphatic carbocycles. The molecule has 0 saturated carbocycles. The Balaban J connectivity index is 0. The van der Waals surface area contributed by atoms with Crippen LogP contribution in [0.15, 0.2) is 4.99 Å². The molecule has 11 heteroatoms. The molecular weight excluding hydrogens is 332 g/mol. The molecule has 0 aromatic rings. The summed E-state index contributed by atoms with van der Waals surface area (Å²) in [5.74, 6) is -1.75. The zero-order valence-electron chi connectivity index (χ0n) is 14.7. The first-order valence-electron chi connectivity index (χ1n) is 7.74. The second-order valence-corrected chi connectivity index (χ2v) is 5.09. The summed E-state index contributed by atoms with van der Waals surface area (Å²) in [6.07, 6.45) is 1.99. The first-order chi connectivity index (χ1) is 11.6. The molecule has 25 heavy (non-hydrogen) atoms. The van der Waals surface area contributed by atoms with E-state index in [1.54, 1.807) is 0 Å². The van der Waals surface area contributed by atoms with E-state index in [0.717, 1.165) is 6.92 Å². The van der Waals surface area contributed by atoms with Gasteiger partial charge in [-0.25, -0.2) is 4.79 Å². The van der Waals surface area contributed by atoms with Crippen molar-refractivity contribution in [2.24, 2.45) is 27.9 Å². The molecule has 1 amide bonds. The van der Waals surface area contributed by atoms with Crippen LogP contribution in [-0.4, -0.2) is 61.2 Å². The molecule has 0 aromatic carbocycles. The minimum Gasteiger partial charge on any atom is -0.481 e. The smallest absolute Gasteiger partial charge is 0.328 e. The van der Waals surface area contributed by atoms with E-state index in [1.165, 1.54) is 7.11 Å². The van der Waals surface area contributed by atoms with Crippen LogP contribution >= 0.6 is 0 Å². The number of carboxylic acids is 1. The molecule has 146 valence electrons. The van der Waals surface area contributed by atoms with Crippen LogP contribution in [0.5, 0.6) is 0 Å². The minimum absolute atomic E-state index is 0.000521. The van der Waals surface area contributed by atoms with Crippen molar-refractivity contribution in [2.75, 3.05) is 20.2 Å². The number of nitrogens with zero attached hydrogens (tertiary/aromatic N) is 1. The maximum absolute atomic E-state index is 11.9. The molecule has 0 heterocycles. The summed E-state index contributed by atoms with van der Waals surface area (Å²) in [7, 11) is 1.26. The fourth-order valence-corrected chi connectivity index (χ4v) is 1.64. The summed E-state index contributed by atoms with van der Waals surface area (Å²) < 4.78 is 4.63. The first kappa shape index (κ1) is 24.8. The molecule has 0 fully saturated rings. The number of nitrogens with two attached hydrogens (primary N) is 4. The van der Waals surface area contributed by atoms with Crippen molar-refractivity contribution in [3.63, 3.8) is 0 Å². The van der Waals surface area contributed by atoms with Gasteiger partial charge in [-0.05, 0) is 32.2 Å². The Labute approximate surface area is 147 Å². The lowest BCUT2D eigenvalue weighted by molar-refractivity contribution is -0.145. The number of ether oxygens (including phenoxy) is 1. The Bertz CT molecular complexity index is 435. The van der Waals surface area contributed by atoms with Gasteiger partial charge in [0.15, 0.2) is 5.96 Å². The molecule has 0 aliphatic rings. The number of carboxylic acid groups (broad SMARTS) is 1. The monoisotopic (exact) mass is 362 g/mol. The molecule has 0 saturated heterocycles. The number of aliphatic imine (C=N–C) groups is 1. The highest BCUT2D eigenvalue weighted by atomic mass is 16.5. The highest BCUT2D eigenvalue weighted by Crippen LogP contribution is 2.01. The van der Waals surface area contributed by atoms with Crippen LogP contribution in [0.25, 0.3) is 0 Å². The Hall–Kier alpha value is -2.40. The van der Waals surface area contributed by atoms with Gasteiger partial charge in [0, 0.05) is 13.5 Å². The fourth-order valence-electron chi connectivity index (χ4n) is 1.64. The Morgan fingerprint density at radius 2 is 1.76 bits per heavy atom. The van der Waals surface area contributed by atoms with Crippen LogP contribution in [0.2, 0.25) is 0 Å². The minimum atomic E-state index is -0.833. The zero-order chi connectivity index (χ0) is 19.8. The van der Waals surface area contributed by atoms with E-state index in [9.17, 15) is 9.59 Å². The van der Waals surface area contributed by atoms with Gasteiger partial charge in [0.05, 0.1) is 13.2 Å². The van der Waals surface area contributed by atoms with Gasteiger partial charge in [0.1, 0.15) is 6.04 Å². The summed E-state index contributed by atoms with van der Waals surface area (Å²) in [6.45, 7) is 1.91. The lowest BCUT2D eigenvalue weighted by atomic mass is 10.1. The van der Waals surface area contributed by atoms with Crippen LogP contribution in [0.4, 0.5) is 0 Å². The molecule has 0 aromatic heterocycles. The number of methoxy groups -OCH3 is 1. The molecule has 2 atom stereocenters. The van der Waals surface area contributed by atoms with Crippen LogP contribution < -0.4 is 28.3 Å². The molecule has 0 unspecified atom stereocenters. The van der Waals surface area contributed by atoms with E-state index in [2.05, 4.69) is 15.0 Å². The normalized spacial score (nSPS) is 12.0. The largest absolute Gasteiger partial charge is 0.481 e. The van der Waals surface area contributed by atoms with Gasteiger partial charge in [-0.2, -0.15) is 0 Å². The van der Waals surface area contributed by atoms with Crippen molar-refractivity contribution in [1.29, 1.82) is 0 Å². The van der Waals surface area contributed by atoms with E-state index < -0.39 is 29.9 Å². The summed E-state index contributed by atoms with van der Waals surface area (Å²) in [6, 6.07) is -1.46. The van der Waals surface area contributed by atoms with E-state index in [-0.39, 0.29) is 5.96 Å². The molecule has 11 nitrogen and oxygen atoms in total. The highest BCUT2D eigenvalue weighted by Gasteiger charge is 2.23. The molecule has 0 aliphatic heterocycles. The van der Waals surface area contributed by atoms with Gasteiger partial charge in [0.25, 0.3) is 5.97 Å². The van der Waals surface area contributed by atoms with E-state index in [4.69, 9.17) is 32.8 Å². The number of nitrogens with one attached hydrogen (secondary N) is 1. The van der Waals surface area contributed by atoms with Crippen molar-refractivity contribution in [3.8, 4) is 0 Å². The molecule has 0 rings (SSSR count). The number of guanidine groups is 1. The van der Waals surface area contributed by atoms with Gasteiger partial charge >= 0.3 is 5.97 Å². The summed E-state index contributed by atoms with van der Waals surface area (Å²) in [4.78, 5) is 36.2. The van der Waals surface area contributed by atoms with Gasteiger partial charge in [0.2, 0.25) is 5.91 Å². The van der Waals surface area contributed by atoms with Gasteiger partial charge in [-0.1, -0.05) is 0 Å². The van der Waals surface area contributed by atoms with E-state index in [1.807, 2.05) is 0 Å². The second kappa shape index (κ2) is 15.1. The number of hydrogen-bond acceptors (Lipinski definition) is 7. The maximum atomic E-state index is 11.9. The number of aliphatic carboxylic acids is 1. The van der Waals surface area contributed by atoms with Crippen LogP contribution in [-0.2, 0) is 19.1 Å². The maximum Gasteiger partial charge on any atom is 0.328 e. The average molecular weight is 362 g/mol. The third kappa shape index (κ3) is 16.2. The Morgan fingerprint density at radius 3 is 2.20 bits per heavy atom. The number of carbonyl (C=O) groups is 3. The highest BCUT2D eigenvalue weighted by molar-refractivity contribution is 5.87. The quantitative estimate of drug-likeness (QED) is 0.108. The Kier molecular flexibility index (Phi) is 15.1. The number of esters is 1. The van der Waals surface area contributed by atoms with E-state index >= 15 is 0 Å². The first-order valence-corrected chi connectivity index (χ1v) is 7.74. The second-order valence-electron chi connectivity index (χ2n) is 5.09. The molecule has 0 bridgehead atoms. The number of amides is 1. The molecular formula is C14H30N6O5. The summed E-state index contributed by atoms with van der Waals surface area (Å²) >= 11 is 0. The fraction of sp³-hybridized carbons (Fsp3) is 0.714. The molecule has 0 radical (unpaired) electrons.